The van der Waals surface area contributed by atoms with E-state index in [1.54, 1.807) is 11.8 Å². The average Bonchev–Trinajstić information content (AvgIpc) is 3.06. The van der Waals surface area contributed by atoms with Crippen LogP contribution in [0.4, 0.5) is 0 Å². The smallest absolute Gasteiger partial charge is 0.274 e. The van der Waals surface area contributed by atoms with Gasteiger partial charge in [-0.15, -0.1) is 0 Å². The third-order valence-corrected chi connectivity index (χ3v) is 4.82. The number of aromatic nitrogens is 2. The number of carbonyl (C=O) groups is 2. The highest BCUT2D eigenvalue weighted by Gasteiger charge is 2.42. The van der Waals surface area contributed by atoms with Gasteiger partial charge in [0.25, 0.3) is 5.91 Å². The molecule has 0 spiro atoms. The minimum absolute atomic E-state index is 0.0425. The molecule has 0 radical (unpaired) electrons. The van der Waals surface area contributed by atoms with Crippen LogP contribution in [0.25, 0.3) is 11.0 Å². The van der Waals surface area contributed by atoms with Crippen molar-refractivity contribution in [3.63, 3.8) is 0 Å². The normalized spacial score (nSPS) is 24.1. The van der Waals surface area contributed by atoms with Crippen LogP contribution in [0.1, 0.15) is 30.3 Å². The Hall–Kier alpha value is -2.50. The predicted octanol–water partition coefficient (Wildman–Crippen LogP) is 1.47. The Balaban J connectivity index is 1.65. The number of nitrogens with zero attached hydrogens (tertiary/aromatic N) is 4. The van der Waals surface area contributed by atoms with Gasteiger partial charge in [0.05, 0.1) is 17.2 Å². The zero-order valence-corrected chi connectivity index (χ0v) is 13.0. The average molecular weight is 310 g/mol. The number of para-hydroxylation sites is 2. The lowest BCUT2D eigenvalue weighted by Crippen LogP contribution is -2.60. The molecule has 6 heteroatoms. The number of hydrogen-bond acceptors (Lipinski definition) is 4. The van der Waals surface area contributed by atoms with E-state index in [0.717, 1.165) is 24.9 Å². The van der Waals surface area contributed by atoms with Crippen LogP contribution in [-0.4, -0.2) is 56.8 Å². The summed E-state index contributed by atoms with van der Waals surface area (Å²) < 4.78 is 0. The van der Waals surface area contributed by atoms with Gasteiger partial charge in [-0.3, -0.25) is 14.6 Å². The van der Waals surface area contributed by atoms with Crippen LogP contribution in [0.2, 0.25) is 0 Å². The number of carbonyl (C=O) groups excluding carboxylic acids is 2. The van der Waals surface area contributed by atoms with Crippen molar-refractivity contribution < 1.29 is 9.59 Å². The summed E-state index contributed by atoms with van der Waals surface area (Å²) in [5.74, 6) is -0.170. The zero-order chi connectivity index (χ0) is 16.0. The van der Waals surface area contributed by atoms with Gasteiger partial charge in [0, 0.05) is 19.1 Å². The second-order valence-corrected chi connectivity index (χ2v) is 6.21. The Morgan fingerprint density at radius 2 is 2.04 bits per heavy atom. The minimum atomic E-state index is -0.440. The van der Waals surface area contributed by atoms with Crippen LogP contribution in [0, 0.1) is 0 Å². The molecule has 2 atom stereocenters. The van der Waals surface area contributed by atoms with E-state index in [4.69, 9.17) is 0 Å². The lowest BCUT2D eigenvalue weighted by atomic mass is 10.1. The quantitative estimate of drug-likeness (QED) is 0.800. The highest BCUT2D eigenvalue weighted by molar-refractivity contribution is 5.97. The van der Waals surface area contributed by atoms with Crippen molar-refractivity contribution in [2.75, 3.05) is 13.1 Å². The first-order valence-electron chi connectivity index (χ1n) is 7.98. The minimum Gasteiger partial charge on any atom is -0.336 e. The molecular formula is C17H18N4O2. The number of fused-ring (bicyclic) bond motifs is 2. The lowest BCUT2D eigenvalue weighted by Gasteiger charge is -2.41. The maximum atomic E-state index is 12.8. The SMILES string of the molecule is CC1C(=O)N2CCCC2CN1C(=O)c1cnc2ccccc2n1. The molecule has 0 aliphatic carbocycles. The maximum absolute atomic E-state index is 12.8. The van der Waals surface area contributed by atoms with E-state index in [1.807, 2.05) is 29.2 Å². The molecule has 2 aliphatic heterocycles. The summed E-state index contributed by atoms with van der Waals surface area (Å²) in [4.78, 5) is 37.6. The monoisotopic (exact) mass is 310 g/mol. The summed E-state index contributed by atoms with van der Waals surface area (Å²) in [6.07, 6.45) is 3.48. The van der Waals surface area contributed by atoms with Crippen molar-refractivity contribution in [3.8, 4) is 0 Å². The van der Waals surface area contributed by atoms with Gasteiger partial charge in [-0.05, 0) is 31.9 Å². The molecule has 4 rings (SSSR count). The molecule has 23 heavy (non-hydrogen) atoms. The number of piperazine rings is 1. The molecule has 2 saturated heterocycles. The molecular weight excluding hydrogens is 292 g/mol. The van der Waals surface area contributed by atoms with Gasteiger partial charge in [0.15, 0.2) is 0 Å². The van der Waals surface area contributed by atoms with Crippen molar-refractivity contribution in [3.05, 3.63) is 36.2 Å². The summed E-state index contributed by atoms with van der Waals surface area (Å²) in [6.45, 7) is 3.19. The van der Waals surface area contributed by atoms with Gasteiger partial charge < -0.3 is 9.80 Å². The largest absolute Gasteiger partial charge is 0.336 e. The first kappa shape index (κ1) is 14.1. The first-order chi connectivity index (χ1) is 11.1. The van der Waals surface area contributed by atoms with Crippen molar-refractivity contribution >= 4 is 22.8 Å². The van der Waals surface area contributed by atoms with E-state index in [0.29, 0.717) is 17.8 Å². The fourth-order valence-electron chi connectivity index (χ4n) is 3.54. The predicted molar refractivity (Wildman–Crippen MR) is 84.8 cm³/mol. The molecule has 2 amide bonds. The van der Waals surface area contributed by atoms with E-state index < -0.39 is 6.04 Å². The van der Waals surface area contributed by atoms with Gasteiger partial charge in [-0.1, -0.05) is 12.1 Å². The number of benzene rings is 1. The van der Waals surface area contributed by atoms with Gasteiger partial charge in [0.2, 0.25) is 5.91 Å². The van der Waals surface area contributed by atoms with Crippen molar-refractivity contribution in [1.82, 2.24) is 19.8 Å². The number of amides is 2. The van der Waals surface area contributed by atoms with Crippen molar-refractivity contribution in [2.24, 2.45) is 0 Å². The van der Waals surface area contributed by atoms with E-state index in [1.165, 1.54) is 6.20 Å². The lowest BCUT2D eigenvalue weighted by molar-refractivity contribution is -0.141. The molecule has 0 N–H and O–H groups in total. The summed E-state index contributed by atoms with van der Waals surface area (Å²) in [5.41, 5.74) is 1.75. The highest BCUT2D eigenvalue weighted by atomic mass is 16.2. The molecule has 3 heterocycles. The van der Waals surface area contributed by atoms with E-state index >= 15 is 0 Å². The van der Waals surface area contributed by atoms with Gasteiger partial charge in [-0.25, -0.2) is 4.98 Å². The third-order valence-electron chi connectivity index (χ3n) is 4.82. The second kappa shape index (κ2) is 5.30. The van der Waals surface area contributed by atoms with Crippen LogP contribution in [0.5, 0.6) is 0 Å². The summed E-state index contributed by atoms with van der Waals surface area (Å²) in [7, 11) is 0. The van der Waals surface area contributed by atoms with Gasteiger partial charge >= 0.3 is 0 Å². The highest BCUT2D eigenvalue weighted by Crippen LogP contribution is 2.26. The fourth-order valence-corrected chi connectivity index (χ4v) is 3.54. The molecule has 0 saturated carbocycles. The standard InChI is InChI=1S/C17H18N4O2/c1-11-16(22)20-8-4-5-12(20)10-21(11)17(23)15-9-18-13-6-2-3-7-14(13)19-15/h2-3,6-7,9,11-12H,4-5,8,10H2,1H3. The Morgan fingerprint density at radius 3 is 2.87 bits per heavy atom. The summed E-state index contributed by atoms with van der Waals surface area (Å²) in [5, 5.41) is 0. The van der Waals surface area contributed by atoms with Crippen LogP contribution in [0.3, 0.4) is 0 Å². The molecule has 2 aromatic rings. The molecule has 1 aromatic heterocycles. The number of hydrogen-bond donors (Lipinski definition) is 0. The van der Waals surface area contributed by atoms with E-state index in [2.05, 4.69) is 9.97 Å². The topological polar surface area (TPSA) is 66.4 Å². The first-order valence-corrected chi connectivity index (χ1v) is 7.98. The molecule has 1 aromatic carbocycles. The maximum Gasteiger partial charge on any atom is 0.274 e. The van der Waals surface area contributed by atoms with E-state index in [-0.39, 0.29) is 17.9 Å². The Morgan fingerprint density at radius 1 is 1.26 bits per heavy atom. The van der Waals surface area contributed by atoms with Crippen molar-refractivity contribution in [1.29, 1.82) is 0 Å². The molecule has 0 bridgehead atoms. The Labute approximate surface area is 134 Å². The molecule has 6 nitrogen and oxygen atoms in total. The Kier molecular flexibility index (Phi) is 3.25. The van der Waals surface area contributed by atoms with Crippen molar-refractivity contribution in [2.45, 2.75) is 31.8 Å². The van der Waals surface area contributed by atoms with Crippen LogP contribution >= 0.6 is 0 Å². The fraction of sp³-hybridized carbons (Fsp3) is 0.412. The molecule has 2 aliphatic rings. The third kappa shape index (κ3) is 2.25. The molecule has 2 unspecified atom stereocenters. The van der Waals surface area contributed by atoms with E-state index in [9.17, 15) is 9.59 Å². The van der Waals surface area contributed by atoms with Gasteiger partial charge in [0.1, 0.15) is 11.7 Å². The number of rotatable bonds is 1. The summed E-state index contributed by atoms with van der Waals surface area (Å²) >= 11 is 0. The van der Waals surface area contributed by atoms with Crippen LogP contribution in [0.15, 0.2) is 30.5 Å². The van der Waals surface area contributed by atoms with Crippen LogP contribution < -0.4 is 0 Å². The Bertz CT molecular complexity index is 791. The van der Waals surface area contributed by atoms with Gasteiger partial charge in [-0.2, -0.15) is 0 Å². The zero-order valence-electron chi connectivity index (χ0n) is 13.0. The summed E-state index contributed by atoms with van der Waals surface area (Å²) in [6, 6.07) is 7.16. The molecule has 2 fully saturated rings. The van der Waals surface area contributed by atoms with Crippen LogP contribution in [-0.2, 0) is 4.79 Å². The second-order valence-electron chi connectivity index (χ2n) is 6.21. The molecule has 118 valence electrons.